The molecular weight excluding hydrogens is 370 g/mol. The molecule has 144 valence electrons. The number of para-hydroxylation sites is 2. The smallest absolute Gasteiger partial charge is 0.293 e. The van der Waals surface area contributed by atoms with Gasteiger partial charge < -0.3 is 14.4 Å². The van der Waals surface area contributed by atoms with E-state index in [1.807, 2.05) is 44.2 Å². The summed E-state index contributed by atoms with van der Waals surface area (Å²) in [5, 5.41) is 4.26. The van der Waals surface area contributed by atoms with Crippen molar-refractivity contribution in [2.75, 3.05) is 27.3 Å². The number of benzene rings is 1. The quantitative estimate of drug-likeness (QED) is 0.641. The zero-order valence-corrected chi connectivity index (χ0v) is 16.5. The first-order valence-corrected chi connectivity index (χ1v) is 8.22. The van der Waals surface area contributed by atoms with Gasteiger partial charge in [-0.25, -0.2) is 9.50 Å². The molecule has 3 rings (SSSR count). The number of fused-ring (bicyclic) bond motifs is 1. The van der Waals surface area contributed by atoms with Gasteiger partial charge in [0.25, 0.3) is 11.7 Å². The van der Waals surface area contributed by atoms with Gasteiger partial charge in [-0.2, -0.15) is 4.98 Å². The highest BCUT2D eigenvalue weighted by atomic mass is 35.5. The first kappa shape index (κ1) is 20.4. The van der Waals surface area contributed by atoms with Crippen LogP contribution in [0.25, 0.3) is 5.78 Å². The summed E-state index contributed by atoms with van der Waals surface area (Å²) in [4.78, 5) is 22.6. The van der Waals surface area contributed by atoms with Crippen molar-refractivity contribution in [3.8, 4) is 11.5 Å². The van der Waals surface area contributed by atoms with Crippen molar-refractivity contribution < 1.29 is 14.3 Å². The zero-order chi connectivity index (χ0) is 18.7. The molecule has 0 fully saturated rings. The Labute approximate surface area is 163 Å². The molecule has 0 saturated heterocycles. The molecule has 2 aromatic heterocycles. The van der Waals surface area contributed by atoms with Crippen LogP contribution in [-0.2, 0) is 0 Å². The number of likely N-dealkylation sites (N-methyl/N-ethyl adjacent to an activating group) is 1. The van der Waals surface area contributed by atoms with E-state index in [0.717, 1.165) is 11.4 Å². The molecule has 0 atom stereocenters. The third-order valence-electron chi connectivity index (χ3n) is 3.91. The lowest BCUT2D eigenvalue weighted by molar-refractivity contribution is 0.0761. The predicted octanol–water partition coefficient (Wildman–Crippen LogP) is 2.32. The maximum atomic E-state index is 12.6. The van der Waals surface area contributed by atoms with Gasteiger partial charge in [0.15, 0.2) is 11.5 Å². The first-order chi connectivity index (χ1) is 12.5. The molecule has 2 heterocycles. The zero-order valence-electron chi connectivity index (χ0n) is 15.7. The SMILES string of the molecule is COc1ccccc1OCCN(C)C(=O)c1nc2nc(C)cc(C)n2n1.Cl. The molecule has 0 aliphatic rings. The highest BCUT2D eigenvalue weighted by Crippen LogP contribution is 2.25. The van der Waals surface area contributed by atoms with E-state index in [1.54, 1.807) is 18.7 Å². The van der Waals surface area contributed by atoms with E-state index in [9.17, 15) is 4.79 Å². The minimum atomic E-state index is -0.281. The normalized spacial score (nSPS) is 10.4. The van der Waals surface area contributed by atoms with Gasteiger partial charge in [0.2, 0.25) is 5.82 Å². The summed E-state index contributed by atoms with van der Waals surface area (Å²) < 4.78 is 12.5. The summed E-state index contributed by atoms with van der Waals surface area (Å²) in [6, 6.07) is 9.27. The summed E-state index contributed by atoms with van der Waals surface area (Å²) in [5.74, 6) is 1.55. The number of hydrogen-bond donors (Lipinski definition) is 0. The van der Waals surface area contributed by atoms with Crippen LogP contribution < -0.4 is 9.47 Å². The van der Waals surface area contributed by atoms with Crippen molar-refractivity contribution in [2.45, 2.75) is 13.8 Å². The second-order valence-electron chi connectivity index (χ2n) is 5.91. The van der Waals surface area contributed by atoms with E-state index in [0.29, 0.717) is 30.4 Å². The predicted molar refractivity (Wildman–Crippen MR) is 103 cm³/mol. The van der Waals surface area contributed by atoms with Crippen LogP contribution >= 0.6 is 12.4 Å². The number of aryl methyl sites for hydroxylation is 2. The van der Waals surface area contributed by atoms with E-state index in [1.165, 1.54) is 4.90 Å². The number of carbonyl (C=O) groups is 1. The van der Waals surface area contributed by atoms with Crippen LogP contribution in [0.1, 0.15) is 22.0 Å². The lowest BCUT2D eigenvalue weighted by Crippen LogP contribution is -2.31. The average Bonchev–Trinajstić information content (AvgIpc) is 3.05. The Bertz CT molecular complexity index is 944. The number of hydrogen-bond acceptors (Lipinski definition) is 6. The molecule has 1 aromatic carbocycles. The fourth-order valence-electron chi connectivity index (χ4n) is 2.56. The molecule has 27 heavy (non-hydrogen) atoms. The van der Waals surface area contributed by atoms with Crippen molar-refractivity contribution in [3.63, 3.8) is 0 Å². The van der Waals surface area contributed by atoms with Crippen molar-refractivity contribution in [3.05, 3.63) is 47.5 Å². The van der Waals surface area contributed by atoms with E-state index in [2.05, 4.69) is 15.1 Å². The second kappa shape index (κ2) is 8.68. The Morgan fingerprint density at radius 2 is 1.89 bits per heavy atom. The van der Waals surface area contributed by atoms with Crippen LogP contribution in [0, 0.1) is 13.8 Å². The Kier molecular flexibility index (Phi) is 6.57. The molecule has 1 amide bonds. The summed E-state index contributed by atoms with van der Waals surface area (Å²) in [5.41, 5.74) is 1.71. The molecule has 9 heteroatoms. The molecular formula is C18H22ClN5O3. The largest absolute Gasteiger partial charge is 0.493 e. The van der Waals surface area contributed by atoms with E-state index < -0.39 is 0 Å². The number of aromatic nitrogens is 4. The summed E-state index contributed by atoms with van der Waals surface area (Å²) >= 11 is 0. The Balaban J connectivity index is 0.00000261. The number of ether oxygens (including phenoxy) is 2. The van der Waals surface area contributed by atoms with Gasteiger partial charge in [0.1, 0.15) is 6.61 Å². The monoisotopic (exact) mass is 391 g/mol. The molecule has 0 saturated carbocycles. The summed E-state index contributed by atoms with van der Waals surface area (Å²) in [7, 11) is 3.27. The molecule has 0 aliphatic heterocycles. The van der Waals surface area contributed by atoms with E-state index in [-0.39, 0.29) is 24.1 Å². The van der Waals surface area contributed by atoms with E-state index in [4.69, 9.17) is 9.47 Å². The standard InChI is InChI=1S/C18H21N5O3.ClH/c1-12-11-13(2)23-18(19-12)20-16(21-23)17(24)22(3)9-10-26-15-8-6-5-7-14(15)25-4;/h5-8,11H,9-10H2,1-4H3;1H. The van der Waals surface area contributed by atoms with Crippen LogP contribution in [0.2, 0.25) is 0 Å². The molecule has 0 unspecified atom stereocenters. The van der Waals surface area contributed by atoms with Gasteiger partial charge in [-0.15, -0.1) is 17.5 Å². The Hall–Kier alpha value is -2.87. The highest BCUT2D eigenvalue weighted by molar-refractivity contribution is 5.90. The van der Waals surface area contributed by atoms with Crippen LogP contribution in [0.5, 0.6) is 11.5 Å². The summed E-state index contributed by atoms with van der Waals surface area (Å²) in [6.07, 6.45) is 0. The molecule has 0 spiro atoms. The fraction of sp³-hybridized carbons (Fsp3) is 0.333. The van der Waals surface area contributed by atoms with Gasteiger partial charge in [-0.05, 0) is 32.0 Å². The van der Waals surface area contributed by atoms with Gasteiger partial charge in [0, 0.05) is 18.4 Å². The van der Waals surface area contributed by atoms with Crippen LogP contribution in [0.15, 0.2) is 30.3 Å². The lowest BCUT2D eigenvalue weighted by Gasteiger charge is -2.16. The van der Waals surface area contributed by atoms with Crippen molar-refractivity contribution in [1.29, 1.82) is 0 Å². The lowest BCUT2D eigenvalue weighted by atomic mass is 10.3. The van der Waals surface area contributed by atoms with Crippen molar-refractivity contribution in [2.24, 2.45) is 0 Å². The second-order valence-corrected chi connectivity index (χ2v) is 5.91. The minimum absolute atomic E-state index is 0. The molecule has 0 aliphatic carbocycles. The van der Waals surface area contributed by atoms with E-state index >= 15 is 0 Å². The van der Waals surface area contributed by atoms with Crippen LogP contribution in [0.3, 0.4) is 0 Å². The Morgan fingerprint density at radius 3 is 2.59 bits per heavy atom. The van der Waals surface area contributed by atoms with Crippen LogP contribution in [-0.4, -0.2) is 57.7 Å². The minimum Gasteiger partial charge on any atom is -0.493 e. The highest BCUT2D eigenvalue weighted by Gasteiger charge is 2.19. The van der Waals surface area contributed by atoms with Gasteiger partial charge in [0.05, 0.1) is 13.7 Å². The fourth-order valence-corrected chi connectivity index (χ4v) is 2.56. The third-order valence-corrected chi connectivity index (χ3v) is 3.91. The third kappa shape index (κ3) is 4.46. The average molecular weight is 392 g/mol. The number of amides is 1. The van der Waals surface area contributed by atoms with Crippen LogP contribution in [0.4, 0.5) is 0 Å². The molecule has 3 aromatic rings. The van der Waals surface area contributed by atoms with Gasteiger partial charge >= 0.3 is 0 Å². The number of methoxy groups -OCH3 is 1. The number of nitrogens with zero attached hydrogens (tertiary/aromatic N) is 5. The molecule has 0 N–H and O–H groups in total. The molecule has 0 radical (unpaired) electrons. The van der Waals surface area contributed by atoms with Crippen molar-refractivity contribution >= 4 is 24.1 Å². The van der Waals surface area contributed by atoms with Gasteiger partial charge in [-0.3, -0.25) is 4.79 Å². The first-order valence-electron chi connectivity index (χ1n) is 8.22. The number of rotatable bonds is 6. The topological polar surface area (TPSA) is 81.9 Å². The number of halogens is 1. The van der Waals surface area contributed by atoms with Crippen molar-refractivity contribution in [1.82, 2.24) is 24.5 Å². The number of carbonyl (C=O) groups excluding carboxylic acids is 1. The van der Waals surface area contributed by atoms with Gasteiger partial charge in [-0.1, -0.05) is 12.1 Å². The molecule has 0 bridgehead atoms. The maximum absolute atomic E-state index is 12.6. The summed E-state index contributed by atoms with van der Waals surface area (Å²) in [6.45, 7) is 4.49. The Morgan fingerprint density at radius 1 is 1.19 bits per heavy atom. The maximum Gasteiger partial charge on any atom is 0.293 e. The molecule has 8 nitrogen and oxygen atoms in total.